The fourth-order valence-corrected chi connectivity index (χ4v) is 1.93. The van der Waals surface area contributed by atoms with E-state index in [-0.39, 0.29) is 5.56 Å². The monoisotopic (exact) mass is 277 g/mol. The van der Waals surface area contributed by atoms with Gasteiger partial charge in [0.15, 0.2) is 0 Å². The van der Waals surface area contributed by atoms with E-state index in [1.165, 1.54) is 6.07 Å². The maximum atomic E-state index is 11.2. The predicted octanol–water partition coefficient (Wildman–Crippen LogP) is 3.50. The Morgan fingerprint density at radius 3 is 2.84 bits per heavy atom. The molecule has 0 aliphatic carbocycles. The lowest BCUT2D eigenvalue weighted by Crippen LogP contribution is -2.00. The van der Waals surface area contributed by atoms with E-state index < -0.39 is 5.97 Å². The van der Waals surface area contributed by atoms with E-state index in [9.17, 15) is 9.90 Å². The molecule has 1 aromatic carbocycles. The minimum atomic E-state index is -1.01. The summed E-state index contributed by atoms with van der Waals surface area (Å²) in [6.45, 7) is 2.39. The molecule has 0 spiro atoms. The maximum absolute atomic E-state index is 11.2. The lowest BCUT2D eigenvalue weighted by Gasteiger charge is -2.08. The van der Waals surface area contributed by atoms with Crippen LogP contribution >= 0.6 is 11.6 Å². The van der Waals surface area contributed by atoms with Crippen LogP contribution in [0.15, 0.2) is 36.7 Å². The summed E-state index contributed by atoms with van der Waals surface area (Å²) < 4.78 is 5.36. The highest BCUT2D eigenvalue weighted by molar-refractivity contribution is 6.31. The van der Waals surface area contributed by atoms with Crippen molar-refractivity contribution >= 4 is 17.6 Å². The van der Waals surface area contributed by atoms with Crippen molar-refractivity contribution in [2.24, 2.45) is 0 Å². The third kappa shape index (κ3) is 3.03. The number of hydrogen-bond donors (Lipinski definition) is 1. The molecule has 0 fully saturated rings. The van der Waals surface area contributed by atoms with Crippen molar-refractivity contribution < 1.29 is 14.6 Å². The maximum Gasteiger partial charge on any atom is 0.336 e. The van der Waals surface area contributed by atoms with Crippen LogP contribution in [-0.4, -0.2) is 22.7 Å². The number of benzene rings is 1. The summed E-state index contributed by atoms with van der Waals surface area (Å²) in [5.41, 5.74) is 1.36. The second kappa shape index (κ2) is 5.71. The summed E-state index contributed by atoms with van der Waals surface area (Å²) in [4.78, 5) is 15.3. The number of carbonyl (C=O) groups is 1. The largest absolute Gasteiger partial charge is 0.492 e. The molecule has 4 nitrogen and oxygen atoms in total. The molecule has 0 amide bonds. The zero-order chi connectivity index (χ0) is 13.8. The fraction of sp³-hybridized carbons (Fsp3) is 0.143. The number of carboxylic acid groups (broad SMARTS) is 1. The van der Waals surface area contributed by atoms with Gasteiger partial charge >= 0.3 is 5.97 Å². The first-order valence-corrected chi connectivity index (χ1v) is 6.10. The first-order chi connectivity index (χ1) is 9.11. The topological polar surface area (TPSA) is 59.4 Å². The van der Waals surface area contributed by atoms with Crippen molar-refractivity contribution in [3.63, 3.8) is 0 Å². The number of rotatable bonds is 4. The van der Waals surface area contributed by atoms with Gasteiger partial charge in [-0.25, -0.2) is 4.79 Å². The van der Waals surface area contributed by atoms with Crippen LogP contribution in [0, 0.1) is 0 Å². The summed E-state index contributed by atoms with van der Waals surface area (Å²) in [5.74, 6) is -0.412. The molecule has 2 rings (SSSR count). The highest BCUT2D eigenvalue weighted by Gasteiger charge is 2.13. The summed E-state index contributed by atoms with van der Waals surface area (Å²) in [7, 11) is 0. The van der Waals surface area contributed by atoms with Crippen molar-refractivity contribution in [3.8, 4) is 16.9 Å². The van der Waals surface area contributed by atoms with Crippen molar-refractivity contribution in [2.75, 3.05) is 6.61 Å². The fourth-order valence-electron chi connectivity index (χ4n) is 1.75. The van der Waals surface area contributed by atoms with Crippen LogP contribution in [0.3, 0.4) is 0 Å². The van der Waals surface area contributed by atoms with E-state index in [0.717, 1.165) is 0 Å². The van der Waals surface area contributed by atoms with E-state index in [0.29, 0.717) is 28.5 Å². The molecule has 0 aliphatic rings. The number of carboxylic acids is 1. The Kier molecular flexibility index (Phi) is 4.02. The van der Waals surface area contributed by atoms with Crippen LogP contribution in [0.1, 0.15) is 17.3 Å². The van der Waals surface area contributed by atoms with E-state index in [1.807, 2.05) is 6.92 Å². The highest BCUT2D eigenvalue weighted by atomic mass is 35.5. The van der Waals surface area contributed by atoms with Gasteiger partial charge in [0.2, 0.25) is 0 Å². The number of aromatic carboxylic acids is 1. The van der Waals surface area contributed by atoms with Crippen LogP contribution in [0.4, 0.5) is 0 Å². The second-order valence-corrected chi connectivity index (χ2v) is 4.27. The Labute approximate surface area is 115 Å². The summed E-state index contributed by atoms with van der Waals surface area (Å²) in [5, 5.41) is 9.67. The molecule has 98 valence electrons. The van der Waals surface area contributed by atoms with Gasteiger partial charge in [0, 0.05) is 16.8 Å². The van der Waals surface area contributed by atoms with Gasteiger partial charge in [0.1, 0.15) is 5.75 Å². The minimum Gasteiger partial charge on any atom is -0.492 e. The van der Waals surface area contributed by atoms with Crippen molar-refractivity contribution in [1.82, 2.24) is 4.98 Å². The molecule has 0 saturated heterocycles. The molecule has 0 aliphatic heterocycles. The second-order valence-electron chi connectivity index (χ2n) is 3.84. The molecule has 1 aromatic heterocycles. The van der Waals surface area contributed by atoms with Crippen LogP contribution < -0.4 is 4.74 Å². The Hall–Kier alpha value is -2.07. The Bertz CT molecular complexity index is 613. The molecule has 5 heteroatoms. The van der Waals surface area contributed by atoms with Gasteiger partial charge in [-0.05, 0) is 36.8 Å². The molecule has 2 aromatic rings. The molecule has 19 heavy (non-hydrogen) atoms. The summed E-state index contributed by atoms with van der Waals surface area (Å²) >= 11 is 5.93. The van der Waals surface area contributed by atoms with Crippen molar-refractivity contribution in [2.45, 2.75) is 6.92 Å². The van der Waals surface area contributed by atoms with E-state index >= 15 is 0 Å². The molecule has 0 bridgehead atoms. The van der Waals surface area contributed by atoms with Gasteiger partial charge in [-0.2, -0.15) is 0 Å². The Morgan fingerprint density at radius 1 is 1.37 bits per heavy atom. The van der Waals surface area contributed by atoms with E-state index in [4.69, 9.17) is 16.3 Å². The molecular formula is C14H12ClNO3. The minimum absolute atomic E-state index is 0.180. The lowest BCUT2D eigenvalue weighted by molar-refractivity contribution is 0.0697. The van der Waals surface area contributed by atoms with Gasteiger partial charge in [-0.15, -0.1) is 0 Å². The zero-order valence-corrected chi connectivity index (χ0v) is 11.0. The van der Waals surface area contributed by atoms with Crippen molar-refractivity contribution in [1.29, 1.82) is 0 Å². The van der Waals surface area contributed by atoms with Gasteiger partial charge < -0.3 is 9.84 Å². The number of pyridine rings is 1. The molecular weight excluding hydrogens is 266 g/mol. The lowest BCUT2D eigenvalue weighted by atomic mass is 10.0. The van der Waals surface area contributed by atoms with E-state index in [1.54, 1.807) is 30.6 Å². The number of halogens is 1. The third-order valence-corrected chi connectivity index (χ3v) is 2.78. The molecule has 0 saturated carbocycles. The standard InChI is InChI=1S/C14H12ClNO3/c1-2-19-11-5-9(7-16-8-11)13-6-10(15)3-4-12(13)14(17)18/h3-8H,2H2,1H3,(H,17,18). The third-order valence-electron chi connectivity index (χ3n) is 2.55. The highest BCUT2D eigenvalue weighted by Crippen LogP contribution is 2.28. The van der Waals surface area contributed by atoms with E-state index in [2.05, 4.69) is 4.98 Å². The number of aromatic nitrogens is 1. The summed E-state index contributed by atoms with van der Waals surface area (Å²) in [6.07, 6.45) is 3.17. The predicted molar refractivity (Wildman–Crippen MR) is 72.8 cm³/mol. The van der Waals surface area contributed by atoms with Gasteiger partial charge in [0.05, 0.1) is 18.4 Å². The van der Waals surface area contributed by atoms with Gasteiger partial charge in [-0.3, -0.25) is 4.98 Å². The van der Waals surface area contributed by atoms with Gasteiger partial charge in [0.25, 0.3) is 0 Å². The van der Waals surface area contributed by atoms with Gasteiger partial charge in [-0.1, -0.05) is 11.6 Å². The first kappa shape index (κ1) is 13.4. The smallest absolute Gasteiger partial charge is 0.336 e. The normalized spacial score (nSPS) is 10.2. The van der Waals surface area contributed by atoms with Crippen LogP contribution in [0.2, 0.25) is 5.02 Å². The molecule has 1 N–H and O–H groups in total. The zero-order valence-electron chi connectivity index (χ0n) is 10.3. The SMILES string of the molecule is CCOc1cncc(-c2cc(Cl)ccc2C(=O)O)c1. The molecule has 0 unspecified atom stereocenters. The van der Waals surface area contributed by atoms with Crippen LogP contribution in [0.25, 0.3) is 11.1 Å². The number of ether oxygens (including phenoxy) is 1. The Morgan fingerprint density at radius 2 is 2.16 bits per heavy atom. The van der Waals surface area contributed by atoms with Crippen LogP contribution in [0.5, 0.6) is 5.75 Å². The number of nitrogens with zero attached hydrogens (tertiary/aromatic N) is 1. The molecule has 0 radical (unpaired) electrons. The molecule has 0 atom stereocenters. The van der Waals surface area contributed by atoms with Crippen LogP contribution in [-0.2, 0) is 0 Å². The first-order valence-electron chi connectivity index (χ1n) is 5.73. The quantitative estimate of drug-likeness (QED) is 0.929. The summed E-state index contributed by atoms with van der Waals surface area (Å²) in [6, 6.07) is 6.38. The molecule has 1 heterocycles. The number of hydrogen-bond acceptors (Lipinski definition) is 3. The average molecular weight is 278 g/mol. The average Bonchev–Trinajstić information content (AvgIpc) is 2.39. The van der Waals surface area contributed by atoms with Crippen molar-refractivity contribution in [3.05, 3.63) is 47.2 Å². The Balaban J connectivity index is 2.54.